The molecule has 9 heteroatoms. The Labute approximate surface area is 242 Å². The molecule has 0 atom stereocenters. The molecule has 40 heavy (non-hydrogen) atoms. The van der Waals surface area contributed by atoms with E-state index in [1.54, 1.807) is 0 Å². The van der Waals surface area contributed by atoms with Gasteiger partial charge in [0.2, 0.25) is 11.8 Å². The molecule has 5 rings (SSSR count). The van der Waals surface area contributed by atoms with Crippen molar-refractivity contribution in [3.05, 3.63) is 28.0 Å². The second-order valence-corrected chi connectivity index (χ2v) is 14.1. The Kier molecular flexibility index (Phi) is 8.69. The van der Waals surface area contributed by atoms with E-state index in [1.807, 2.05) is 23.1 Å². The molecule has 2 aliphatic carbocycles. The molecule has 1 N–H and O–H groups in total. The number of ether oxygens (including phenoxy) is 1. The SMILES string of the molecule is CC(C)(C)c1cc(N(C(=O)[C@H]2CC[C@H](C)CC2)[C@H]2CC[C@H](Oc3ccc(N4CCCC4)nn3)CC2)c(C(=O)O)s1. The van der Waals surface area contributed by atoms with Gasteiger partial charge < -0.3 is 19.6 Å². The van der Waals surface area contributed by atoms with E-state index < -0.39 is 5.97 Å². The van der Waals surface area contributed by atoms with Gasteiger partial charge in [-0.3, -0.25) is 4.79 Å². The molecule has 3 aliphatic rings. The van der Waals surface area contributed by atoms with E-state index in [-0.39, 0.29) is 34.3 Å². The number of nitrogens with zero attached hydrogens (tertiary/aromatic N) is 4. The van der Waals surface area contributed by atoms with E-state index in [4.69, 9.17) is 4.74 Å². The van der Waals surface area contributed by atoms with Crippen molar-refractivity contribution in [2.24, 2.45) is 11.8 Å². The van der Waals surface area contributed by atoms with Crippen LogP contribution in [-0.2, 0) is 10.2 Å². The average Bonchev–Trinajstić information content (AvgIpc) is 3.62. The molecule has 0 unspecified atom stereocenters. The molecule has 3 heterocycles. The van der Waals surface area contributed by atoms with Crippen LogP contribution in [0.2, 0.25) is 0 Å². The smallest absolute Gasteiger partial charge is 0.348 e. The summed E-state index contributed by atoms with van der Waals surface area (Å²) in [5.41, 5.74) is 0.387. The summed E-state index contributed by atoms with van der Waals surface area (Å²) >= 11 is 1.31. The average molecular weight is 569 g/mol. The summed E-state index contributed by atoms with van der Waals surface area (Å²) in [6.45, 7) is 10.6. The number of aromatic carboxylic acids is 1. The van der Waals surface area contributed by atoms with Gasteiger partial charge in [0.1, 0.15) is 11.0 Å². The standard InChI is InChI=1S/C31H44N4O4S/c1-20-7-9-21(10-8-20)29(36)35(24-19-25(31(2,3)4)40-28(24)30(37)38)22-11-13-23(14-12-22)39-27-16-15-26(32-33-27)34-17-5-6-18-34/h15-16,19-23H,5-14,17-18H2,1-4H3,(H,37,38)/t20-,21-,22-,23-. The van der Waals surface area contributed by atoms with Crippen LogP contribution in [-0.4, -0.2) is 52.4 Å². The van der Waals surface area contributed by atoms with Gasteiger partial charge in [-0.2, -0.15) is 0 Å². The Hall–Kier alpha value is -2.68. The van der Waals surface area contributed by atoms with Crippen molar-refractivity contribution < 1.29 is 19.4 Å². The van der Waals surface area contributed by atoms with Gasteiger partial charge in [0.15, 0.2) is 5.82 Å². The minimum absolute atomic E-state index is 0.00206. The number of anilines is 2. The van der Waals surface area contributed by atoms with E-state index in [0.717, 1.165) is 75.2 Å². The van der Waals surface area contributed by atoms with Crippen LogP contribution in [0, 0.1) is 11.8 Å². The van der Waals surface area contributed by atoms with Crippen LogP contribution in [0.5, 0.6) is 5.88 Å². The molecule has 2 saturated carbocycles. The molecule has 8 nitrogen and oxygen atoms in total. The summed E-state index contributed by atoms with van der Waals surface area (Å²) in [6, 6.07) is 5.82. The number of amides is 1. The highest BCUT2D eigenvalue weighted by Crippen LogP contribution is 2.42. The van der Waals surface area contributed by atoms with Crippen molar-refractivity contribution in [1.82, 2.24) is 10.2 Å². The fourth-order valence-corrected chi connectivity index (χ4v) is 7.41. The van der Waals surface area contributed by atoms with Crippen molar-refractivity contribution in [1.29, 1.82) is 0 Å². The molecule has 3 fully saturated rings. The van der Waals surface area contributed by atoms with Gasteiger partial charge in [-0.05, 0) is 87.7 Å². The van der Waals surface area contributed by atoms with E-state index in [0.29, 0.717) is 17.5 Å². The molecule has 1 saturated heterocycles. The molecule has 218 valence electrons. The van der Waals surface area contributed by atoms with E-state index in [2.05, 4.69) is 42.8 Å². The van der Waals surface area contributed by atoms with Crippen LogP contribution in [0.1, 0.15) is 106 Å². The van der Waals surface area contributed by atoms with Crippen LogP contribution in [0.15, 0.2) is 18.2 Å². The summed E-state index contributed by atoms with van der Waals surface area (Å²) in [5, 5.41) is 18.9. The maximum absolute atomic E-state index is 14.1. The third-order valence-electron chi connectivity index (χ3n) is 8.86. The highest BCUT2D eigenvalue weighted by atomic mass is 32.1. The van der Waals surface area contributed by atoms with Crippen molar-refractivity contribution in [3.63, 3.8) is 0 Å². The Balaban J connectivity index is 1.32. The predicted octanol–water partition coefficient (Wildman–Crippen LogP) is 6.68. The van der Waals surface area contributed by atoms with Crippen LogP contribution < -0.4 is 14.5 Å². The fraction of sp³-hybridized carbons (Fsp3) is 0.677. The number of thiophene rings is 1. The van der Waals surface area contributed by atoms with Gasteiger partial charge in [-0.25, -0.2) is 4.79 Å². The molecular formula is C31H44N4O4S. The third kappa shape index (κ3) is 6.45. The van der Waals surface area contributed by atoms with Gasteiger partial charge in [0.05, 0.1) is 5.69 Å². The van der Waals surface area contributed by atoms with Crippen LogP contribution in [0.3, 0.4) is 0 Å². The number of hydrogen-bond donors (Lipinski definition) is 1. The van der Waals surface area contributed by atoms with Gasteiger partial charge in [0.25, 0.3) is 0 Å². The number of carbonyl (C=O) groups is 2. The highest BCUT2D eigenvalue weighted by molar-refractivity contribution is 7.14. The molecule has 0 bridgehead atoms. The summed E-state index contributed by atoms with van der Waals surface area (Å²) in [7, 11) is 0. The zero-order valence-electron chi connectivity index (χ0n) is 24.4. The lowest BCUT2D eigenvalue weighted by atomic mass is 9.81. The first-order chi connectivity index (χ1) is 19.1. The quantitative estimate of drug-likeness (QED) is 0.398. The second kappa shape index (κ2) is 12.0. The second-order valence-electron chi connectivity index (χ2n) is 13.0. The topological polar surface area (TPSA) is 95.9 Å². The number of carbonyl (C=O) groups excluding carboxylic acids is 1. The lowest BCUT2D eigenvalue weighted by molar-refractivity contribution is -0.124. The van der Waals surface area contributed by atoms with Crippen molar-refractivity contribution in [2.75, 3.05) is 22.9 Å². The predicted molar refractivity (Wildman–Crippen MR) is 159 cm³/mol. The van der Waals surface area contributed by atoms with Crippen molar-refractivity contribution >= 4 is 34.7 Å². The van der Waals surface area contributed by atoms with E-state index in [9.17, 15) is 14.7 Å². The fourth-order valence-electron chi connectivity index (χ4n) is 6.37. The van der Waals surface area contributed by atoms with E-state index in [1.165, 1.54) is 24.2 Å². The summed E-state index contributed by atoms with van der Waals surface area (Å²) in [6.07, 6.45) is 9.32. The zero-order chi connectivity index (χ0) is 28.4. The molecular weight excluding hydrogens is 524 g/mol. The van der Waals surface area contributed by atoms with Crippen LogP contribution >= 0.6 is 11.3 Å². The first-order valence-electron chi connectivity index (χ1n) is 15.1. The van der Waals surface area contributed by atoms with Gasteiger partial charge in [-0.15, -0.1) is 21.5 Å². The number of hydrogen-bond acceptors (Lipinski definition) is 7. The van der Waals surface area contributed by atoms with Crippen molar-refractivity contribution in [3.8, 4) is 5.88 Å². The first-order valence-corrected chi connectivity index (χ1v) is 15.9. The summed E-state index contributed by atoms with van der Waals surface area (Å²) in [4.78, 5) is 31.9. The number of rotatable bonds is 7. The molecule has 0 radical (unpaired) electrons. The Morgan fingerprint density at radius 2 is 1.68 bits per heavy atom. The Bertz CT molecular complexity index is 1170. The van der Waals surface area contributed by atoms with Crippen molar-refractivity contribution in [2.45, 2.75) is 109 Å². The van der Waals surface area contributed by atoms with Gasteiger partial charge >= 0.3 is 5.97 Å². The Morgan fingerprint density at radius 3 is 2.25 bits per heavy atom. The normalized spacial score (nSPS) is 25.6. The van der Waals surface area contributed by atoms with Crippen LogP contribution in [0.25, 0.3) is 0 Å². The Morgan fingerprint density at radius 1 is 1.00 bits per heavy atom. The maximum Gasteiger partial charge on any atom is 0.348 e. The number of aromatic nitrogens is 2. The minimum Gasteiger partial charge on any atom is -0.477 e. The summed E-state index contributed by atoms with van der Waals surface area (Å²) < 4.78 is 6.22. The molecule has 0 aromatic carbocycles. The maximum atomic E-state index is 14.1. The van der Waals surface area contributed by atoms with Gasteiger partial charge in [0, 0.05) is 36.0 Å². The largest absolute Gasteiger partial charge is 0.477 e. The van der Waals surface area contributed by atoms with E-state index >= 15 is 0 Å². The monoisotopic (exact) mass is 568 g/mol. The van der Waals surface area contributed by atoms with Crippen LogP contribution in [0.4, 0.5) is 11.5 Å². The molecule has 1 aliphatic heterocycles. The molecule has 0 spiro atoms. The highest BCUT2D eigenvalue weighted by Gasteiger charge is 2.38. The van der Waals surface area contributed by atoms with Gasteiger partial charge in [-0.1, -0.05) is 27.7 Å². The lowest BCUT2D eigenvalue weighted by Crippen LogP contribution is -2.47. The number of carboxylic acids is 1. The first kappa shape index (κ1) is 28.8. The summed E-state index contributed by atoms with van der Waals surface area (Å²) in [5.74, 6) is 1.17. The molecule has 2 aromatic heterocycles. The molecule has 2 aromatic rings. The lowest BCUT2D eigenvalue weighted by Gasteiger charge is -2.39. The minimum atomic E-state index is -0.960. The molecule has 1 amide bonds. The zero-order valence-corrected chi connectivity index (χ0v) is 25.2. The third-order valence-corrected chi connectivity index (χ3v) is 10.4. The number of carboxylic acid groups (broad SMARTS) is 1.